The van der Waals surface area contributed by atoms with Gasteiger partial charge in [0, 0.05) is 11.4 Å². The van der Waals surface area contributed by atoms with Crippen molar-refractivity contribution in [1.29, 1.82) is 0 Å². The zero-order chi connectivity index (χ0) is 16.6. The summed E-state index contributed by atoms with van der Waals surface area (Å²) in [6.07, 6.45) is 16.7. The summed E-state index contributed by atoms with van der Waals surface area (Å²) in [7, 11) is 0. The average Bonchev–Trinajstić information content (AvgIpc) is 3.08. The molecule has 0 amide bonds. The zero-order valence-corrected chi connectivity index (χ0v) is 16.5. The van der Waals surface area contributed by atoms with Crippen LogP contribution in [0.25, 0.3) is 0 Å². The van der Waals surface area contributed by atoms with Crippen molar-refractivity contribution in [3.8, 4) is 0 Å². The molecule has 0 atom stereocenters. The van der Waals surface area contributed by atoms with Gasteiger partial charge in [-0.05, 0) is 43.8 Å². The van der Waals surface area contributed by atoms with Crippen LogP contribution in [0.2, 0.25) is 0 Å². The molecule has 1 rings (SSSR count). The van der Waals surface area contributed by atoms with E-state index in [1.54, 1.807) is 4.88 Å². The standard InChI is InChI=1S/C21H39NS/c1-3-5-7-9-11-13-18-22(17-12-10-8-6-4-2)19-16-21-15-14-20-23-21/h14-15,20H,3-13,16-19H2,1-2H3. The van der Waals surface area contributed by atoms with Crippen molar-refractivity contribution >= 4 is 11.3 Å². The molecular weight excluding hydrogens is 298 g/mol. The molecule has 0 saturated carbocycles. The molecule has 0 fully saturated rings. The van der Waals surface area contributed by atoms with E-state index in [-0.39, 0.29) is 0 Å². The van der Waals surface area contributed by atoms with Crippen molar-refractivity contribution in [2.75, 3.05) is 19.6 Å². The molecule has 0 aliphatic carbocycles. The van der Waals surface area contributed by atoms with Gasteiger partial charge in [0.2, 0.25) is 0 Å². The van der Waals surface area contributed by atoms with Crippen molar-refractivity contribution in [1.82, 2.24) is 4.90 Å². The highest BCUT2D eigenvalue weighted by molar-refractivity contribution is 7.09. The largest absolute Gasteiger partial charge is 0.303 e. The van der Waals surface area contributed by atoms with Crippen LogP contribution in [0.1, 0.15) is 89.4 Å². The molecule has 0 aromatic carbocycles. The number of rotatable bonds is 16. The number of nitrogens with zero attached hydrogens (tertiary/aromatic N) is 1. The van der Waals surface area contributed by atoms with Crippen LogP contribution in [0.5, 0.6) is 0 Å². The van der Waals surface area contributed by atoms with Crippen molar-refractivity contribution in [2.24, 2.45) is 0 Å². The van der Waals surface area contributed by atoms with Gasteiger partial charge in [-0.3, -0.25) is 0 Å². The molecule has 1 aromatic rings. The van der Waals surface area contributed by atoms with E-state index < -0.39 is 0 Å². The summed E-state index contributed by atoms with van der Waals surface area (Å²) in [5.74, 6) is 0. The Morgan fingerprint density at radius 2 is 1.30 bits per heavy atom. The smallest absolute Gasteiger partial charge is 0.00579 e. The lowest BCUT2D eigenvalue weighted by Crippen LogP contribution is -2.28. The molecule has 0 N–H and O–H groups in total. The lowest BCUT2D eigenvalue weighted by atomic mass is 10.1. The summed E-state index contributed by atoms with van der Waals surface area (Å²) in [5.41, 5.74) is 0. The van der Waals surface area contributed by atoms with Crippen LogP contribution in [0, 0.1) is 0 Å². The second-order valence-corrected chi connectivity index (χ2v) is 7.89. The summed E-state index contributed by atoms with van der Waals surface area (Å²) >= 11 is 1.91. The molecule has 0 saturated heterocycles. The number of thiophene rings is 1. The van der Waals surface area contributed by atoms with Gasteiger partial charge in [0.05, 0.1) is 0 Å². The molecule has 1 nitrogen and oxygen atoms in total. The van der Waals surface area contributed by atoms with Gasteiger partial charge in [0.15, 0.2) is 0 Å². The molecule has 0 aliphatic heterocycles. The predicted molar refractivity (Wildman–Crippen MR) is 107 cm³/mol. The Kier molecular flexibility index (Phi) is 13.7. The van der Waals surface area contributed by atoms with Crippen LogP contribution < -0.4 is 0 Å². The van der Waals surface area contributed by atoms with Crippen LogP contribution in [0.3, 0.4) is 0 Å². The molecule has 0 spiro atoms. The summed E-state index contributed by atoms with van der Waals surface area (Å²) in [5, 5.41) is 2.21. The average molecular weight is 338 g/mol. The Balaban J connectivity index is 2.17. The van der Waals surface area contributed by atoms with Crippen LogP contribution >= 0.6 is 11.3 Å². The first-order valence-electron chi connectivity index (χ1n) is 10.1. The first-order valence-corrected chi connectivity index (χ1v) is 11.0. The third kappa shape index (κ3) is 11.8. The van der Waals surface area contributed by atoms with Crippen molar-refractivity contribution in [3.05, 3.63) is 22.4 Å². The van der Waals surface area contributed by atoms with E-state index in [4.69, 9.17) is 0 Å². The van der Waals surface area contributed by atoms with Gasteiger partial charge in [-0.25, -0.2) is 0 Å². The molecular formula is C21H39NS. The minimum Gasteiger partial charge on any atom is -0.303 e. The van der Waals surface area contributed by atoms with Gasteiger partial charge in [-0.15, -0.1) is 11.3 Å². The number of hydrogen-bond acceptors (Lipinski definition) is 2. The van der Waals surface area contributed by atoms with E-state index in [0.29, 0.717) is 0 Å². The monoisotopic (exact) mass is 337 g/mol. The van der Waals surface area contributed by atoms with E-state index in [0.717, 1.165) is 0 Å². The Bertz CT molecular complexity index is 334. The van der Waals surface area contributed by atoms with Gasteiger partial charge >= 0.3 is 0 Å². The second kappa shape index (κ2) is 15.2. The fraction of sp³-hybridized carbons (Fsp3) is 0.810. The van der Waals surface area contributed by atoms with E-state index in [1.165, 1.54) is 96.7 Å². The molecule has 134 valence electrons. The summed E-state index contributed by atoms with van der Waals surface area (Å²) < 4.78 is 0. The normalized spacial score (nSPS) is 11.4. The lowest BCUT2D eigenvalue weighted by Gasteiger charge is -2.22. The van der Waals surface area contributed by atoms with Crippen molar-refractivity contribution < 1.29 is 0 Å². The minimum absolute atomic E-state index is 1.24. The van der Waals surface area contributed by atoms with Gasteiger partial charge in [-0.1, -0.05) is 77.7 Å². The van der Waals surface area contributed by atoms with Crippen LogP contribution in [0.4, 0.5) is 0 Å². The Hall–Kier alpha value is -0.340. The molecule has 1 aromatic heterocycles. The summed E-state index contributed by atoms with van der Waals surface area (Å²) in [6.45, 7) is 8.47. The van der Waals surface area contributed by atoms with E-state index in [9.17, 15) is 0 Å². The molecule has 0 bridgehead atoms. The third-order valence-corrected chi connectivity index (χ3v) is 5.60. The Morgan fingerprint density at radius 3 is 1.83 bits per heavy atom. The van der Waals surface area contributed by atoms with Crippen molar-refractivity contribution in [3.63, 3.8) is 0 Å². The van der Waals surface area contributed by atoms with E-state index in [1.807, 2.05) is 11.3 Å². The minimum atomic E-state index is 1.24. The van der Waals surface area contributed by atoms with E-state index in [2.05, 4.69) is 36.3 Å². The molecule has 23 heavy (non-hydrogen) atoms. The zero-order valence-electron chi connectivity index (χ0n) is 15.7. The molecule has 0 radical (unpaired) electrons. The highest BCUT2D eigenvalue weighted by atomic mass is 32.1. The van der Waals surface area contributed by atoms with Crippen LogP contribution in [-0.4, -0.2) is 24.5 Å². The maximum atomic E-state index is 2.73. The van der Waals surface area contributed by atoms with Gasteiger partial charge < -0.3 is 4.90 Å². The fourth-order valence-corrected chi connectivity index (χ4v) is 3.81. The van der Waals surface area contributed by atoms with Crippen LogP contribution in [-0.2, 0) is 6.42 Å². The Morgan fingerprint density at radius 1 is 0.739 bits per heavy atom. The van der Waals surface area contributed by atoms with Gasteiger partial charge in [0.25, 0.3) is 0 Å². The molecule has 0 aliphatic rings. The first-order chi connectivity index (χ1) is 11.4. The van der Waals surface area contributed by atoms with Gasteiger partial charge in [0.1, 0.15) is 0 Å². The highest BCUT2D eigenvalue weighted by Gasteiger charge is 2.06. The molecule has 2 heteroatoms. The number of hydrogen-bond donors (Lipinski definition) is 0. The lowest BCUT2D eigenvalue weighted by molar-refractivity contribution is 0.264. The fourth-order valence-electron chi connectivity index (χ4n) is 3.11. The van der Waals surface area contributed by atoms with Crippen molar-refractivity contribution in [2.45, 2.75) is 90.9 Å². The highest BCUT2D eigenvalue weighted by Crippen LogP contribution is 2.12. The van der Waals surface area contributed by atoms with E-state index >= 15 is 0 Å². The summed E-state index contributed by atoms with van der Waals surface area (Å²) in [4.78, 5) is 4.27. The third-order valence-electron chi connectivity index (χ3n) is 4.66. The van der Waals surface area contributed by atoms with Crippen LogP contribution in [0.15, 0.2) is 17.5 Å². The number of unbranched alkanes of at least 4 members (excludes halogenated alkanes) is 9. The maximum absolute atomic E-state index is 2.73. The second-order valence-electron chi connectivity index (χ2n) is 6.85. The first kappa shape index (κ1) is 20.7. The predicted octanol–water partition coefficient (Wildman–Crippen LogP) is 6.92. The quantitative estimate of drug-likeness (QED) is 0.296. The molecule has 1 heterocycles. The maximum Gasteiger partial charge on any atom is 0.00579 e. The molecule has 0 unspecified atom stereocenters. The summed E-state index contributed by atoms with van der Waals surface area (Å²) in [6, 6.07) is 4.47. The topological polar surface area (TPSA) is 3.24 Å². The SMILES string of the molecule is CCCCCCCCN(CCCCCCC)CCc1cccs1. The Labute approximate surface area is 149 Å². The van der Waals surface area contributed by atoms with Gasteiger partial charge in [-0.2, -0.15) is 0 Å².